The zero-order valence-electron chi connectivity index (χ0n) is 17.1. The molecule has 6 nitrogen and oxygen atoms in total. The van der Waals surface area contributed by atoms with Crippen molar-refractivity contribution in [3.8, 4) is 0 Å². The third kappa shape index (κ3) is 6.75. The predicted molar refractivity (Wildman–Crippen MR) is 107 cm³/mol. The number of piperidine rings is 1. The fourth-order valence-electron chi connectivity index (χ4n) is 4.92. The molecule has 2 heterocycles. The van der Waals surface area contributed by atoms with E-state index in [0.29, 0.717) is 6.54 Å². The van der Waals surface area contributed by atoms with Gasteiger partial charge < -0.3 is 15.1 Å². The first-order valence-corrected chi connectivity index (χ1v) is 11.1. The number of hydrogen-bond donors (Lipinski definition) is 1. The monoisotopic (exact) mass is 378 g/mol. The molecule has 1 aliphatic carbocycles. The molecule has 0 spiro atoms. The second kappa shape index (κ2) is 10.4. The van der Waals surface area contributed by atoms with E-state index in [-0.39, 0.29) is 17.9 Å². The topological polar surface area (TPSA) is 55.9 Å². The molecule has 2 saturated heterocycles. The van der Waals surface area contributed by atoms with E-state index in [0.717, 1.165) is 57.9 Å². The summed E-state index contributed by atoms with van der Waals surface area (Å²) in [4.78, 5) is 30.7. The number of hydrogen-bond acceptors (Lipinski definition) is 4. The molecule has 154 valence electrons. The molecule has 1 N–H and O–H groups in total. The molecule has 0 aromatic carbocycles. The first kappa shape index (κ1) is 20.6. The Labute approximate surface area is 164 Å². The van der Waals surface area contributed by atoms with Crippen LogP contribution in [0.15, 0.2) is 0 Å². The van der Waals surface area contributed by atoms with Gasteiger partial charge in [-0.05, 0) is 51.1 Å². The van der Waals surface area contributed by atoms with Crippen molar-refractivity contribution in [1.82, 2.24) is 20.0 Å². The molecule has 0 atom stereocenters. The van der Waals surface area contributed by atoms with Gasteiger partial charge in [0.05, 0.1) is 6.54 Å². The molecule has 2 aliphatic heterocycles. The fraction of sp³-hybridized carbons (Fsp3) is 0.905. The summed E-state index contributed by atoms with van der Waals surface area (Å²) in [6.45, 7) is 9.23. The number of carbonyl (C=O) groups is 2. The van der Waals surface area contributed by atoms with Crippen LogP contribution >= 0.6 is 0 Å². The molecule has 27 heavy (non-hydrogen) atoms. The molecule has 3 aliphatic rings. The smallest absolute Gasteiger partial charge is 0.234 e. The largest absolute Gasteiger partial charge is 0.352 e. The van der Waals surface area contributed by atoms with Crippen molar-refractivity contribution < 1.29 is 9.59 Å². The minimum Gasteiger partial charge on any atom is -0.352 e. The Hall–Kier alpha value is -1.14. The lowest BCUT2D eigenvalue weighted by Gasteiger charge is -2.32. The summed E-state index contributed by atoms with van der Waals surface area (Å²) in [5, 5.41) is 3.19. The Balaban J connectivity index is 1.34. The standard InChI is InChI=1S/C21H38N4O2/c1-18(26)25-12-8-20(9-13-25)22-21(27)17-24-11-5-10-23(14-15-24)16-19-6-3-2-4-7-19/h19-20H,2-17H2,1H3,(H,22,27). The van der Waals surface area contributed by atoms with Gasteiger partial charge in [-0.1, -0.05) is 19.3 Å². The lowest BCUT2D eigenvalue weighted by atomic mass is 9.89. The summed E-state index contributed by atoms with van der Waals surface area (Å²) in [6.07, 6.45) is 9.98. The number of rotatable bonds is 5. The normalized spacial score (nSPS) is 24.6. The van der Waals surface area contributed by atoms with Crippen LogP contribution in [0.5, 0.6) is 0 Å². The van der Waals surface area contributed by atoms with Crippen molar-refractivity contribution in [2.45, 2.75) is 64.3 Å². The molecule has 2 amide bonds. The van der Waals surface area contributed by atoms with Crippen molar-refractivity contribution >= 4 is 11.8 Å². The second-order valence-electron chi connectivity index (χ2n) is 8.78. The molecular weight excluding hydrogens is 340 g/mol. The first-order valence-electron chi connectivity index (χ1n) is 11.1. The maximum atomic E-state index is 12.5. The Morgan fingerprint density at radius 1 is 0.815 bits per heavy atom. The van der Waals surface area contributed by atoms with Gasteiger partial charge in [-0.15, -0.1) is 0 Å². The van der Waals surface area contributed by atoms with Crippen LogP contribution in [0.3, 0.4) is 0 Å². The Bertz CT molecular complexity index is 485. The van der Waals surface area contributed by atoms with E-state index in [4.69, 9.17) is 0 Å². The molecular formula is C21H38N4O2. The van der Waals surface area contributed by atoms with Crippen molar-refractivity contribution in [3.05, 3.63) is 0 Å². The summed E-state index contributed by atoms with van der Waals surface area (Å²) in [7, 11) is 0. The fourth-order valence-corrected chi connectivity index (χ4v) is 4.92. The summed E-state index contributed by atoms with van der Waals surface area (Å²) in [5.41, 5.74) is 0. The zero-order valence-corrected chi connectivity index (χ0v) is 17.1. The highest BCUT2D eigenvalue weighted by Crippen LogP contribution is 2.24. The van der Waals surface area contributed by atoms with E-state index in [9.17, 15) is 9.59 Å². The van der Waals surface area contributed by atoms with Crippen molar-refractivity contribution in [2.24, 2.45) is 5.92 Å². The van der Waals surface area contributed by atoms with Crippen LogP contribution in [0, 0.1) is 5.92 Å². The Morgan fingerprint density at radius 2 is 1.48 bits per heavy atom. The van der Waals surface area contributed by atoms with Crippen LogP contribution in [-0.2, 0) is 9.59 Å². The molecule has 1 saturated carbocycles. The summed E-state index contributed by atoms with van der Waals surface area (Å²) < 4.78 is 0. The van der Waals surface area contributed by atoms with E-state index in [1.807, 2.05) is 4.90 Å². The number of nitrogens with zero attached hydrogens (tertiary/aromatic N) is 3. The van der Waals surface area contributed by atoms with Crippen LogP contribution in [0.4, 0.5) is 0 Å². The van der Waals surface area contributed by atoms with Crippen molar-refractivity contribution in [2.75, 3.05) is 52.4 Å². The third-order valence-electron chi connectivity index (χ3n) is 6.59. The third-order valence-corrected chi connectivity index (χ3v) is 6.59. The Kier molecular flexibility index (Phi) is 7.94. The minimum atomic E-state index is 0.141. The number of amides is 2. The summed E-state index contributed by atoms with van der Waals surface area (Å²) >= 11 is 0. The molecule has 3 rings (SSSR count). The highest BCUT2D eigenvalue weighted by Gasteiger charge is 2.24. The molecule has 3 fully saturated rings. The molecule has 0 unspecified atom stereocenters. The predicted octanol–water partition coefficient (Wildman–Crippen LogP) is 1.70. The highest BCUT2D eigenvalue weighted by molar-refractivity contribution is 5.78. The van der Waals surface area contributed by atoms with E-state index >= 15 is 0 Å². The summed E-state index contributed by atoms with van der Waals surface area (Å²) in [5.74, 6) is 1.19. The van der Waals surface area contributed by atoms with Gasteiger partial charge >= 0.3 is 0 Å². The van der Waals surface area contributed by atoms with Gasteiger partial charge in [0, 0.05) is 45.7 Å². The van der Waals surface area contributed by atoms with Crippen LogP contribution in [0.25, 0.3) is 0 Å². The van der Waals surface area contributed by atoms with Gasteiger partial charge in [0.15, 0.2) is 0 Å². The lowest BCUT2D eigenvalue weighted by molar-refractivity contribution is -0.130. The van der Waals surface area contributed by atoms with Gasteiger partial charge in [-0.3, -0.25) is 14.5 Å². The minimum absolute atomic E-state index is 0.141. The average Bonchev–Trinajstić information content (AvgIpc) is 2.88. The number of nitrogens with one attached hydrogen (secondary N) is 1. The van der Waals surface area contributed by atoms with Gasteiger partial charge in [-0.25, -0.2) is 0 Å². The highest BCUT2D eigenvalue weighted by atomic mass is 16.2. The van der Waals surface area contributed by atoms with Gasteiger partial charge in [0.1, 0.15) is 0 Å². The van der Waals surface area contributed by atoms with Gasteiger partial charge in [0.2, 0.25) is 11.8 Å². The lowest BCUT2D eigenvalue weighted by Crippen LogP contribution is -2.48. The molecule has 0 bridgehead atoms. The quantitative estimate of drug-likeness (QED) is 0.791. The maximum Gasteiger partial charge on any atom is 0.234 e. The van der Waals surface area contributed by atoms with E-state index in [2.05, 4.69) is 15.1 Å². The van der Waals surface area contributed by atoms with E-state index in [1.54, 1.807) is 6.92 Å². The van der Waals surface area contributed by atoms with Crippen LogP contribution < -0.4 is 5.32 Å². The van der Waals surface area contributed by atoms with Crippen molar-refractivity contribution in [1.29, 1.82) is 0 Å². The van der Waals surface area contributed by atoms with Crippen LogP contribution in [-0.4, -0.2) is 84.9 Å². The summed E-state index contributed by atoms with van der Waals surface area (Å²) in [6, 6.07) is 0.225. The van der Waals surface area contributed by atoms with E-state index in [1.165, 1.54) is 45.2 Å². The number of carbonyl (C=O) groups excluding carboxylic acids is 2. The van der Waals surface area contributed by atoms with Gasteiger partial charge in [-0.2, -0.15) is 0 Å². The first-order chi connectivity index (χ1) is 13.1. The van der Waals surface area contributed by atoms with Crippen molar-refractivity contribution in [3.63, 3.8) is 0 Å². The SMILES string of the molecule is CC(=O)N1CCC(NC(=O)CN2CCCN(CC3CCCCC3)CC2)CC1. The average molecular weight is 379 g/mol. The second-order valence-corrected chi connectivity index (χ2v) is 8.78. The molecule has 0 radical (unpaired) electrons. The van der Waals surface area contributed by atoms with Crippen LogP contribution in [0.1, 0.15) is 58.3 Å². The maximum absolute atomic E-state index is 12.5. The van der Waals surface area contributed by atoms with E-state index < -0.39 is 0 Å². The zero-order chi connectivity index (χ0) is 19.1. The molecule has 0 aromatic heterocycles. The molecule has 0 aromatic rings. The van der Waals surface area contributed by atoms with Crippen LogP contribution in [0.2, 0.25) is 0 Å². The molecule has 6 heteroatoms. The van der Waals surface area contributed by atoms with Gasteiger partial charge in [0.25, 0.3) is 0 Å². The number of likely N-dealkylation sites (tertiary alicyclic amines) is 1. The Morgan fingerprint density at radius 3 is 2.19 bits per heavy atom.